The van der Waals surface area contributed by atoms with Gasteiger partial charge in [-0.25, -0.2) is 0 Å². The molecule has 0 radical (unpaired) electrons. The Kier molecular flexibility index (Phi) is 8.88. The smallest absolute Gasteiger partial charge is 0.230 e. The first-order chi connectivity index (χ1) is 14.0. The normalized spacial score (nSPS) is 11.6. The van der Waals surface area contributed by atoms with Crippen LogP contribution in [-0.2, 0) is 4.79 Å². The maximum Gasteiger partial charge on any atom is 0.230 e. The number of benzene rings is 2. The maximum atomic E-state index is 12.6. The van der Waals surface area contributed by atoms with E-state index in [9.17, 15) is 4.79 Å². The van der Waals surface area contributed by atoms with Crippen LogP contribution in [0, 0.1) is 17.2 Å². The Balaban J connectivity index is 2.07. The van der Waals surface area contributed by atoms with Crippen LogP contribution in [0.15, 0.2) is 47.4 Å². The highest BCUT2D eigenvalue weighted by Crippen LogP contribution is 2.33. The first-order valence-electron chi connectivity index (χ1n) is 9.80. The van der Waals surface area contributed by atoms with Crippen molar-refractivity contribution in [2.45, 2.75) is 38.6 Å². The molecule has 0 aliphatic carbocycles. The Bertz CT molecular complexity index is 844. The predicted molar refractivity (Wildman–Crippen MR) is 116 cm³/mol. The van der Waals surface area contributed by atoms with Crippen molar-refractivity contribution in [3.8, 4) is 17.6 Å². The number of hydrogen-bond acceptors (Lipinski definition) is 5. The highest BCUT2D eigenvalue weighted by molar-refractivity contribution is 8.00. The van der Waals surface area contributed by atoms with Crippen molar-refractivity contribution in [3.63, 3.8) is 0 Å². The van der Waals surface area contributed by atoms with Gasteiger partial charge in [0.2, 0.25) is 5.91 Å². The third-order valence-electron chi connectivity index (χ3n) is 4.26. The van der Waals surface area contributed by atoms with Crippen molar-refractivity contribution >= 4 is 17.7 Å². The number of carbonyl (C=O) groups is 1. The summed E-state index contributed by atoms with van der Waals surface area (Å²) in [5, 5.41) is 12.0. The van der Waals surface area contributed by atoms with E-state index in [1.165, 1.54) is 11.8 Å². The fourth-order valence-electron chi connectivity index (χ4n) is 2.89. The number of nitrogens with zero attached hydrogens (tertiary/aromatic N) is 1. The zero-order valence-corrected chi connectivity index (χ0v) is 18.2. The standard InChI is InChI=1S/C23H28N2O3S/c1-5-27-20-12-9-18(13-21(20)28-6-2)23(16(3)4)25-22(26)15-29-19-10-7-17(14-24)8-11-19/h7-13,16,23H,5-6,15H2,1-4H3,(H,25,26). The second-order valence-corrected chi connectivity index (χ2v) is 7.84. The van der Waals surface area contributed by atoms with Gasteiger partial charge in [0, 0.05) is 4.90 Å². The molecule has 154 valence electrons. The molecule has 0 saturated carbocycles. The maximum absolute atomic E-state index is 12.6. The lowest BCUT2D eigenvalue weighted by atomic mass is 9.95. The summed E-state index contributed by atoms with van der Waals surface area (Å²) in [6, 6.07) is 15.0. The van der Waals surface area contributed by atoms with Gasteiger partial charge in [0.25, 0.3) is 0 Å². The van der Waals surface area contributed by atoms with E-state index in [4.69, 9.17) is 14.7 Å². The number of thioether (sulfide) groups is 1. The quantitative estimate of drug-likeness (QED) is 0.558. The second kappa shape index (κ2) is 11.4. The third-order valence-corrected chi connectivity index (χ3v) is 5.28. The highest BCUT2D eigenvalue weighted by Gasteiger charge is 2.20. The molecule has 6 heteroatoms. The molecule has 29 heavy (non-hydrogen) atoms. The van der Waals surface area contributed by atoms with E-state index >= 15 is 0 Å². The molecule has 0 saturated heterocycles. The molecule has 0 heterocycles. The molecule has 0 bridgehead atoms. The molecule has 0 aromatic heterocycles. The van der Waals surface area contributed by atoms with Gasteiger partial charge in [-0.05, 0) is 61.7 Å². The summed E-state index contributed by atoms with van der Waals surface area (Å²) in [7, 11) is 0. The van der Waals surface area contributed by atoms with Crippen molar-refractivity contribution in [1.82, 2.24) is 5.32 Å². The summed E-state index contributed by atoms with van der Waals surface area (Å²) < 4.78 is 11.4. The number of nitrogens with one attached hydrogen (secondary N) is 1. The molecule has 2 rings (SSSR count). The summed E-state index contributed by atoms with van der Waals surface area (Å²) in [6.07, 6.45) is 0. The number of nitriles is 1. The molecule has 1 N–H and O–H groups in total. The summed E-state index contributed by atoms with van der Waals surface area (Å²) >= 11 is 1.45. The van der Waals surface area contributed by atoms with Crippen LogP contribution < -0.4 is 14.8 Å². The van der Waals surface area contributed by atoms with E-state index in [0.717, 1.165) is 10.5 Å². The van der Waals surface area contributed by atoms with Gasteiger partial charge in [0.1, 0.15) is 0 Å². The van der Waals surface area contributed by atoms with Crippen LogP contribution in [0.1, 0.15) is 44.9 Å². The lowest BCUT2D eigenvalue weighted by Crippen LogP contribution is -2.33. The van der Waals surface area contributed by atoms with Crippen LogP contribution in [0.4, 0.5) is 0 Å². The SMILES string of the molecule is CCOc1ccc(C(NC(=O)CSc2ccc(C#N)cc2)C(C)C)cc1OCC. The Morgan fingerprint density at radius 3 is 2.31 bits per heavy atom. The van der Waals surface area contributed by atoms with Crippen molar-refractivity contribution in [2.24, 2.45) is 5.92 Å². The number of rotatable bonds is 10. The van der Waals surface area contributed by atoms with Crippen LogP contribution in [-0.4, -0.2) is 24.9 Å². The van der Waals surface area contributed by atoms with Gasteiger partial charge in [0.05, 0.1) is 36.6 Å². The van der Waals surface area contributed by atoms with Gasteiger partial charge in [0.15, 0.2) is 11.5 Å². The number of carbonyl (C=O) groups excluding carboxylic acids is 1. The van der Waals surface area contributed by atoms with E-state index in [2.05, 4.69) is 25.2 Å². The Labute approximate surface area is 177 Å². The monoisotopic (exact) mass is 412 g/mol. The minimum absolute atomic E-state index is 0.0371. The summed E-state index contributed by atoms with van der Waals surface area (Å²) in [5.74, 6) is 1.89. The van der Waals surface area contributed by atoms with Crippen molar-refractivity contribution in [2.75, 3.05) is 19.0 Å². The highest BCUT2D eigenvalue weighted by atomic mass is 32.2. The fourth-order valence-corrected chi connectivity index (χ4v) is 3.60. The summed E-state index contributed by atoms with van der Waals surface area (Å²) in [5.41, 5.74) is 1.60. The Morgan fingerprint density at radius 2 is 1.72 bits per heavy atom. The largest absolute Gasteiger partial charge is 0.490 e. The zero-order chi connectivity index (χ0) is 21.2. The van der Waals surface area contributed by atoms with Gasteiger partial charge in [-0.3, -0.25) is 4.79 Å². The summed E-state index contributed by atoms with van der Waals surface area (Å²) in [4.78, 5) is 13.5. The van der Waals surface area contributed by atoms with Crippen LogP contribution in [0.3, 0.4) is 0 Å². The van der Waals surface area contributed by atoms with E-state index in [-0.39, 0.29) is 17.9 Å². The minimum atomic E-state index is -0.126. The molecule has 2 aromatic rings. The van der Waals surface area contributed by atoms with Crippen LogP contribution >= 0.6 is 11.8 Å². The Morgan fingerprint density at radius 1 is 1.07 bits per heavy atom. The van der Waals surface area contributed by atoms with Crippen LogP contribution in [0.5, 0.6) is 11.5 Å². The minimum Gasteiger partial charge on any atom is -0.490 e. The van der Waals surface area contributed by atoms with E-state index in [1.54, 1.807) is 12.1 Å². The molecule has 0 aliphatic heterocycles. The molecule has 1 unspecified atom stereocenters. The van der Waals surface area contributed by atoms with E-state index in [1.807, 2.05) is 44.2 Å². The fraction of sp³-hybridized carbons (Fsp3) is 0.391. The lowest BCUT2D eigenvalue weighted by molar-refractivity contribution is -0.119. The molecule has 0 fully saturated rings. The second-order valence-electron chi connectivity index (χ2n) is 6.79. The Hall–Kier alpha value is -2.65. The van der Waals surface area contributed by atoms with Gasteiger partial charge in [-0.15, -0.1) is 11.8 Å². The molecule has 5 nitrogen and oxygen atoms in total. The van der Waals surface area contributed by atoms with Crippen LogP contribution in [0.2, 0.25) is 0 Å². The van der Waals surface area contributed by atoms with Gasteiger partial charge in [-0.2, -0.15) is 5.26 Å². The number of amides is 1. The topological polar surface area (TPSA) is 71.3 Å². The van der Waals surface area contributed by atoms with Gasteiger partial charge in [-0.1, -0.05) is 19.9 Å². The van der Waals surface area contributed by atoms with Crippen molar-refractivity contribution in [1.29, 1.82) is 5.26 Å². The third kappa shape index (κ3) is 6.72. The first kappa shape index (κ1) is 22.6. The molecule has 0 aliphatic rings. The first-order valence-corrected chi connectivity index (χ1v) is 10.8. The number of ether oxygens (including phenoxy) is 2. The molecule has 1 amide bonds. The zero-order valence-electron chi connectivity index (χ0n) is 17.4. The van der Waals surface area contributed by atoms with Gasteiger partial charge < -0.3 is 14.8 Å². The molecule has 2 aromatic carbocycles. The lowest BCUT2D eigenvalue weighted by Gasteiger charge is -2.24. The van der Waals surface area contributed by atoms with Crippen molar-refractivity contribution < 1.29 is 14.3 Å². The van der Waals surface area contributed by atoms with E-state index < -0.39 is 0 Å². The molecular formula is C23H28N2O3S. The molecule has 0 spiro atoms. The number of hydrogen-bond donors (Lipinski definition) is 1. The van der Waals surface area contributed by atoms with Gasteiger partial charge >= 0.3 is 0 Å². The van der Waals surface area contributed by atoms with Crippen LogP contribution in [0.25, 0.3) is 0 Å². The van der Waals surface area contributed by atoms with E-state index in [0.29, 0.717) is 36.0 Å². The molecule has 1 atom stereocenters. The summed E-state index contributed by atoms with van der Waals surface area (Å²) in [6.45, 7) is 9.14. The molecular weight excluding hydrogens is 384 g/mol. The predicted octanol–water partition coefficient (Wildman–Crippen LogP) is 4.96. The average Bonchev–Trinajstić information content (AvgIpc) is 2.72. The average molecular weight is 413 g/mol. The van der Waals surface area contributed by atoms with Crippen molar-refractivity contribution in [3.05, 3.63) is 53.6 Å².